The number of benzene rings is 8. The van der Waals surface area contributed by atoms with Gasteiger partial charge in [-0.15, -0.1) is 0 Å². The topological polar surface area (TPSA) is 6.48 Å². The molecule has 0 aliphatic carbocycles. The van der Waals surface area contributed by atoms with Crippen LogP contribution in [0.1, 0.15) is 63.9 Å². The molecular formula is C59H54N2. The fraction of sp³-hybridized carbons (Fsp3) is 0.119. The van der Waals surface area contributed by atoms with Gasteiger partial charge in [0.25, 0.3) is 0 Å². The maximum Gasteiger partial charge on any atom is 0.0540 e. The molecule has 0 bridgehead atoms. The highest BCUT2D eigenvalue weighted by Gasteiger charge is 2.18. The summed E-state index contributed by atoms with van der Waals surface area (Å²) in [6.07, 6.45) is 9.03. The minimum Gasteiger partial charge on any atom is -0.372 e. The van der Waals surface area contributed by atoms with Crippen LogP contribution < -0.4 is 9.80 Å². The quantitative estimate of drug-likeness (QED) is 0.0848. The van der Waals surface area contributed by atoms with Gasteiger partial charge in [0.2, 0.25) is 0 Å². The summed E-state index contributed by atoms with van der Waals surface area (Å²) in [6, 6.07) is 68.5. The molecule has 8 rings (SSSR count). The Balaban J connectivity index is 1.24. The molecule has 0 aliphatic heterocycles. The standard InChI is InChI=1S/C59H54N2/c1-6-60(7-2)54-38-39-56-58(42-54)49(19-14-20-55(47-15-10-8-11-16-47)48-17-12-9-13-18-48)33-40-59(56)61(52-34-25-45(5)26-35-52)53-36-27-46(28-37-53)41-57(50-29-21-43(3)22-30-50)51-31-23-44(4)24-32-51/h8-42H,6-7H2,1-5H3. The van der Waals surface area contributed by atoms with Gasteiger partial charge in [0.1, 0.15) is 0 Å². The SMILES string of the molecule is CCN(CC)c1ccc2c(N(c3ccc(C)cc3)c3ccc(C=C(c4ccc(C)cc4)c4ccc(C)cc4)cc3)ccc(C=CC=C(c3ccccc3)c3ccccc3)c2c1. The molecule has 0 N–H and O–H groups in total. The van der Waals surface area contributed by atoms with Crippen LogP contribution in [0.3, 0.4) is 0 Å². The van der Waals surface area contributed by atoms with Crippen molar-refractivity contribution < 1.29 is 0 Å². The van der Waals surface area contributed by atoms with E-state index in [-0.39, 0.29) is 0 Å². The Morgan fingerprint density at radius 3 is 1.44 bits per heavy atom. The Kier molecular flexibility index (Phi) is 12.5. The van der Waals surface area contributed by atoms with Crippen molar-refractivity contribution in [3.63, 3.8) is 0 Å². The van der Waals surface area contributed by atoms with Crippen LogP contribution in [0.5, 0.6) is 0 Å². The molecule has 8 aromatic carbocycles. The van der Waals surface area contributed by atoms with Crippen molar-refractivity contribution in [1.82, 2.24) is 0 Å². The van der Waals surface area contributed by atoms with E-state index in [0.29, 0.717) is 0 Å². The van der Waals surface area contributed by atoms with Crippen LogP contribution in [0.15, 0.2) is 200 Å². The van der Waals surface area contributed by atoms with Gasteiger partial charge in [0, 0.05) is 35.5 Å². The normalized spacial score (nSPS) is 11.1. The van der Waals surface area contributed by atoms with E-state index >= 15 is 0 Å². The lowest BCUT2D eigenvalue weighted by Gasteiger charge is -2.28. The number of fused-ring (bicyclic) bond motifs is 1. The van der Waals surface area contributed by atoms with E-state index in [1.807, 2.05) is 0 Å². The number of aryl methyl sites for hydroxylation is 3. The van der Waals surface area contributed by atoms with Gasteiger partial charge in [-0.25, -0.2) is 0 Å². The van der Waals surface area contributed by atoms with Gasteiger partial charge in [0.15, 0.2) is 0 Å². The predicted molar refractivity (Wildman–Crippen MR) is 265 cm³/mol. The summed E-state index contributed by atoms with van der Waals surface area (Å²) >= 11 is 0. The maximum atomic E-state index is 2.42. The van der Waals surface area contributed by atoms with Crippen molar-refractivity contribution in [2.75, 3.05) is 22.9 Å². The summed E-state index contributed by atoms with van der Waals surface area (Å²) in [4.78, 5) is 4.83. The van der Waals surface area contributed by atoms with Crippen LogP contribution in [0.2, 0.25) is 0 Å². The van der Waals surface area contributed by atoms with E-state index in [9.17, 15) is 0 Å². The lowest BCUT2D eigenvalue weighted by molar-refractivity contribution is 0.867. The molecule has 0 unspecified atom stereocenters. The van der Waals surface area contributed by atoms with Crippen LogP contribution in [-0.4, -0.2) is 13.1 Å². The van der Waals surface area contributed by atoms with E-state index in [1.54, 1.807) is 0 Å². The van der Waals surface area contributed by atoms with Crippen LogP contribution in [0, 0.1) is 20.8 Å². The highest BCUT2D eigenvalue weighted by atomic mass is 15.1. The molecule has 61 heavy (non-hydrogen) atoms. The largest absolute Gasteiger partial charge is 0.372 e. The summed E-state index contributed by atoms with van der Waals surface area (Å²) in [7, 11) is 0. The Labute approximate surface area is 363 Å². The van der Waals surface area contributed by atoms with E-state index in [4.69, 9.17) is 0 Å². The molecule has 0 aromatic heterocycles. The summed E-state index contributed by atoms with van der Waals surface area (Å²) in [5.41, 5.74) is 17.8. The molecule has 2 heteroatoms. The van der Waals surface area contributed by atoms with Crippen molar-refractivity contribution >= 4 is 56.8 Å². The smallest absolute Gasteiger partial charge is 0.0540 e. The van der Waals surface area contributed by atoms with Gasteiger partial charge < -0.3 is 9.80 Å². The second-order valence-electron chi connectivity index (χ2n) is 15.8. The summed E-state index contributed by atoms with van der Waals surface area (Å²) < 4.78 is 0. The Hall–Kier alpha value is -7.16. The average molecular weight is 791 g/mol. The van der Waals surface area contributed by atoms with Gasteiger partial charge >= 0.3 is 0 Å². The molecule has 0 heterocycles. The highest BCUT2D eigenvalue weighted by Crippen LogP contribution is 2.42. The van der Waals surface area contributed by atoms with E-state index < -0.39 is 0 Å². The number of nitrogens with zero attached hydrogens (tertiary/aromatic N) is 2. The van der Waals surface area contributed by atoms with Crippen molar-refractivity contribution in [3.8, 4) is 0 Å². The minimum atomic E-state index is 0.943. The molecule has 0 saturated carbocycles. The zero-order valence-electron chi connectivity index (χ0n) is 36.0. The van der Waals surface area contributed by atoms with E-state index in [0.717, 1.165) is 35.7 Å². The van der Waals surface area contributed by atoms with E-state index in [1.165, 1.54) is 72.1 Å². The monoisotopic (exact) mass is 790 g/mol. The average Bonchev–Trinajstić information content (AvgIpc) is 3.30. The zero-order chi connectivity index (χ0) is 42.1. The number of allylic oxidation sites excluding steroid dienone is 2. The number of rotatable bonds is 13. The van der Waals surface area contributed by atoms with E-state index in [2.05, 4.69) is 257 Å². The number of anilines is 4. The third-order valence-corrected chi connectivity index (χ3v) is 11.6. The lowest BCUT2D eigenvalue weighted by Crippen LogP contribution is -2.21. The summed E-state index contributed by atoms with van der Waals surface area (Å²) in [5.74, 6) is 0. The summed E-state index contributed by atoms with van der Waals surface area (Å²) in [5, 5.41) is 2.41. The highest BCUT2D eigenvalue weighted by molar-refractivity contribution is 6.04. The first-order valence-corrected chi connectivity index (χ1v) is 21.5. The molecule has 0 fully saturated rings. The lowest BCUT2D eigenvalue weighted by atomic mass is 9.94. The molecular weight excluding hydrogens is 737 g/mol. The Bertz CT molecular complexity index is 2700. The Morgan fingerprint density at radius 2 is 0.918 bits per heavy atom. The first kappa shape index (κ1) is 40.6. The van der Waals surface area contributed by atoms with Gasteiger partial charge in [-0.3, -0.25) is 0 Å². The minimum absolute atomic E-state index is 0.943. The number of hydrogen-bond donors (Lipinski definition) is 0. The fourth-order valence-electron chi connectivity index (χ4n) is 8.12. The first-order chi connectivity index (χ1) is 29.9. The van der Waals surface area contributed by atoms with Crippen LogP contribution in [-0.2, 0) is 0 Å². The van der Waals surface area contributed by atoms with Gasteiger partial charge in [-0.1, -0.05) is 181 Å². The van der Waals surface area contributed by atoms with Crippen molar-refractivity contribution in [2.24, 2.45) is 0 Å². The van der Waals surface area contributed by atoms with Gasteiger partial charge in [-0.05, 0) is 133 Å². The zero-order valence-corrected chi connectivity index (χ0v) is 36.0. The molecule has 2 nitrogen and oxygen atoms in total. The fourth-order valence-corrected chi connectivity index (χ4v) is 8.12. The van der Waals surface area contributed by atoms with Crippen molar-refractivity contribution in [2.45, 2.75) is 34.6 Å². The molecule has 0 saturated heterocycles. The third kappa shape index (κ3) is 9.35. The van der Waals surface area contributed by atoms with Crippen LogP contribution >= 0.6 is 0 Å². The summed E-state index contributed by atoms with van der Waals surface area (Å²) in [6.45, 7) is 12.8. The molecule has 8 aromatic rings. The molecule has 300 valence electrons. The second-order valence-corrected chi connectivity index (χ2v) is 15.8. The third-order valence-electron chi connectivity index (χ3n) is 11.6. The first-order valence-electron chi connectivity index (χ1n) is 21.5. The maximum absolute atomic E-state index is 2.42. The van der Waals surface area contributed by atoms with Crippen molar-refractivity contribution in [1.29, 1.82) is 0 Å². The predicted octanol–water partition coefficient (Wildman–Crippen LogP) is 15.8. The number of hydrogen-bond acceptors (Lipinski definition) is 2. The molecule has 0 amide bonds. The molecule has 0 aliphatic rings. The van der Waals surface area contributed by atoms with Crippen LogP contribution in [0.25, 0.3) is 34.1 Å². The molecule has 0 spiro atoms. The molecule has 0 radical (unpaired) electrons. The van der Waals surface area contributed by atoms with Crippen LogP contribution in [0.4, 0.5) is 22.7 Å². The molecule has 0 atom stereocenters. The Morgan fingerprint density at radius 1 is 0.443 bits per heavy atom. The van der Waals surface area contributed by atoms with Crippen molar-refractivity contribution in [3.05, 3.63) is 250 Å². The second kappa shape index (κ2) is 18.8. The van der Waals surface area contributed by atoms with Gasteiger partial charge in [-0.2, -0.15) is 0 Å². The van der Waals surface area contributed by atoms with Gasteiger partial charge in [0.05, 0.1) is 5.69 Å².